The van der Waals surface area contributed by atoms with Crippen molar-refractivity contribution in [2.45, 2.75) is 25.3 Å². The Morgan fingerprint density at radius 1 is 1.36 bits per heavy atom. The van der Waals surface area contributed by atoms with Gasteiger partial charge >= 0.3 is 0 Å². The van der Waals surface area contributed by atoms with Crippen molar-refractivity contribution in [2.24, 2.45) is 17.6 Å². The molecule has 3 atom stereocenters. The fourth-order valence-corrected chi connectivity index (χ4v) is 3.87. The number of halogens is 2. The fraction of sp³-hybridized carbons (Fsp3) is 0.562. The smallest absolute Gasteiger partial charge is 0.257 e. The van der Waals surface area contributed by atoms with Crippen LogP contribution in [0, 0.1) is 11.8 Å². The Balaban J connectivity index is 0.00000176. The summed E-state index contributed by atoms with van der Waals surface area (Å²) < 4.78 is 5.29. The predicted molar refractivity (Wildman–Crippen MR) is 90.0 cm³/mol. The zero-order valence-corrected chi connectivity index (χ0v) is 14.2. The van der Waals surface area contributed by atoms with E-state index in [0.717, 1.165) is 19.5 Å². The number of carbonyl (C=O) groups excluding carboxylic acids is 1. The third kappa shape index (κ3) is 3.19. The Labute approximate surface area is 142 Å². The molecule has 0 spiro atoms. The summed E-state index contributed by atoms with van der Waals surface area (Å²) in [4.78, 5) is 14.7. The van der Waals surface area contributed by atoms with Crippen molar-refractivity contribution in [3.05, 3.63) is 28.8 Å². The number of hydrogen-bond acceptors (Lipinski definition) is 3. The van der Waals surface area contributed by atoms with Crippen molar-refractivity contribution in [1.82, 2.24) is 4.90 Å². The molecule has 1 aliphatic heterocycles. The van der Waals surface area contributed by atoms with Crippen molar-refractivity contribution >= 4 is 29.9 Å². The first-order valence-corrected chi connectivity index (χ1v) is 7.86. The molecule has 2 fully saturated rings. The van der Waals surface area contributed by atoms with Crippen molar-refractivity contribution in [2.75, 3.05) is 20.2 Å². The summed E-state index contributed by atoms with van der Waals surface area (Å²) in [7, 11) is 1.57. The number of nitrogens with two attached hydrogens (primary N) is 1. The Bertz CT molecular complexity index is 553. The largest absolute Gasteiger partial charge is 0.496 e. The fourth-order valence-electron chi connectivity index (χ4n) is 3.70. The van der Waals surface area contributed by atoms with Crippen LogP contribution in [-0.4, -0.2) is 37.0 Å². The van der Waals surface area contributed by atoms with E-state index in [9.17, 15) is 4.79 Å². The molecule has 22 heavy (non-hydrogen) atoms. The number of ether oxygens (including phenoxy) is 1. The Morgan fingerprint density at radius 3 is 2.82 bits per heavy atom. The molecule has 4 nitrogen and oxygen atoms in total. The normalized spacial score (nSPS) is 27.0. The second-order valence-corrected chi connectivity index (χ2v) is 6.51. The van der Waals surface area contributed by atoms with Crippen LogP contribution in [0.5, 0.6) is 5.75 Å². The van der Waals surface area contributed by atoms with Crippen molar-refractivity contribution in [3.8, 4) is 5.75 Å². The quantitative estimate of drug-likeness (QED) is 0.897. The van der Waals surface area contributed by atoms with Gasteiger partial charge in [-0.25, -0.2) is 0 Å². The van der Waals surface area contributed by atoms with Crippen LogP contribution in [0.3, 0.4) is 0 Å². The maximum absolute atomic E-state index is 12.8. The Morgan fingerprint density at radius 2 is 2.14 bits per heavy atom. The summed E-state index contributed by atoms with van der Waals surface area (Å²) in [6.07, 6.45) is 3.42. The molecule has 2 N–H and O–H groups in total. The molecule has 0 bridgehead atoms. The molecule has 1 heterocycles. The summed E-state index contributed by atoms with van der Waals surface area (Å²) >= 11 is 6.02. The number of rotatable bonds is 2. The van der Waals surface area contributed by atoms with Crippen LogP contribution in [0.1, 0.15) is 29.6 Å². The van der Waals surface area contributed by atoms with Gasteiger partial charge in [-0.05, 0) is 42.9 Å². The van der Waals surface area contributed by atoms with Gasteiger partial charge in [0.05, 0.1) is 12.7 Å². The second kappa shape index (κ2) is 7.07. The van der Waals surface area contributed by atoms with E-state index in [2.05, 4.69) is 0 Å². The molecule has 6 heteroatoms. The summed E-state index contributed by atoms with van der Waals surface area (Å²) in [6, 6.07) is 5.38. The van der Waals surface area contributed by atoms with E-state index in [0.29, 0.717) is 28.2 Å². The molecule has 1 aliphatic carbocycles. The number of carbonyl (C=O) groups is 1. The third-order valence-corrected chi connectivity index (χ3v) is 5.07. The van der Waals surface area contributed by atoms with Crippen LogP contribution in [0.2, 0.25) is 5.02 Å². The van der Waals surface area contributed by atoms with E-state index in [1.807, 2.05) is 4.90 Å². The lowest BCUT2D eigenvalue weighted by molar-refractivity contribution is 0.0780. The molecule has 0 aromatic heterocycles. The standard InChI is InChI=1S/C16H21ClN2O2.ClH/c1-21-15-6-5-11(17)7-12(15)16(20)19-8-10-3-2-4-14(18)13(10)9-19;/h5-7,10,13-14H,2-4,8-9,18H2,1H3;1H. The summed E-state index contributed by atoms with van der Waals surface area (Å²) in [6.45, 7) is 1.55. The van der Waals surface area contributed by atoms with Gasteiger partial charge in [0.2, 0.25) is 0 Å². The molecule has 1 amide bonds. The number of methoxy groups -OCH3 is 1. The van der Waals surface area contributed by atoms with E-state index in [4.69, 9.17) is 22.1 Å². The van der Waals surface area contributed by atoms with Gasteiger partial charge in [-0.1, -0.05) is 18.0 Å². The molecule has 1 aromatic carbocycles. The lowest BCUT2D eigenvalue weighted by Gasteiger charge is -2.29. The summed E-state index contributed by atoms with van der Waals surface area (Å²) in [5.41, 5.74) is 6.76. The average Bonchev–Trinajstić information content (AvgIpc) is 2.92. The predicted octanol–water partition coefficient (Wildman–Crippen LogP) is 2.97. The molecule has 3 unspecified atom stereocenters. The highest BCUT2D eigenvalue weighted by Gasteiger charge is 2.40. The van der Waals surface area contributed by atoms with E-state index >= 15 is 0 Å². The molecular weight excluding hydrogens is 323 g/mol. The Kier molecular flexibility index (Phi) is 5.59. The zero-order chi connectivity index (χ0) is 15.0. The number of nitrogens with zero attached hydrogens (tertiary/aromatic N) is 1. The first kappa shape index (κ1) is 17.4. The van der Waals surface area contributed by atoms with Crippen LogP contribution >= 0.6 is 24.0 Å². The summed E-state index contributed by atoms with van der Waals surface area (Å²) in [5.74, 6) is 1.55. The minimum atomic E-state index is -0.00375. The highest BCUT2D eigenvalue weighted by molar-refractivity contribution is 6.31. The maximum atomic E-state index is 12.8. The molecule has 1 saturated heterocycles. The van der Waals surface area contributed by atoms with Gasteiger partial charge in [-0.15, -0.1) is 12.4 Å². The number of amides is 1. The lowest BCUT2D eigenvalue weighted by Crippen LogP contribution is -2.38. The third-order valence-electron chi connectivity index (χ3n) is 4.83. The molecule has 1 saturated carbocycles. The van der Waals surface area contributed by atoms with E-state index < -0.39 is 0 Å². The first-order valence-electron chi connectivity index (χ1n) is 7.48. The number of benzene rings is 1. The van der Waals surface area contributed by atoms with Crippen LogP contribution in [-0.2, 0) is 0 Å². The van der Waals surface area contributed by atoms with Crippen molar-refractivity contribution in [1.29, 1.82) is 0 Å². The van der Waals surface area contributed by atoms with Crippen LogP contribution in [0.25, 0.3) is 0 Å². The molecule has 0 radical (unpaired) electrons. The lowest BCUT2D eigenvalue weighted by atomic mass is 9.78. The first-order chi connectivity index (χ1) is 10.1. The second-order valence-electron chi connectivity index (χ2n) is 6.07. The van der Waals surface area contributed by atoms with Gasteiger partial charge in [0.1, 0.15) is 5.75 Å². The van der Waals surface area contributed by atoms with Gasteiger partial charge in [-0.2, -0.15) is 0 Å². The molecule has 2 aliphatic rings. The van der Waals surface area contributed by atoms with E-state index in [1.165, 1.54) is 12.8 Å². The van der Waals surface area contributed by atoms with E-state index in [1.54, 1.807) is 25.3 Å². The maximum Gasteiger partial charge on any atom is 0.257 e. The van der Waals surface area contributed by atoms with Gasteiger partial charge in [0.15, 0.2) is 0 Å². The molecule has 1 aromatic rings. The van der Waals surface area contributed by atoms with Crippen molar-refractivity contribution in [3.63, 3.8) is 0 Å². The van der Waals surface area contributed by atoms with Crippen molar-refractivity contribution < 1.29 is 9.53 Å². The van der Waals surface area contributed by atoms with E-state index in [-0.39, 0.29) is 24.4 Å². The number of hydrogen-bond donors (Lipinski definition) is 1. The van der Waals surface area contributed by atoms with Gasteiger partial charge in [0.25, 0.3) is 5.91 Å². The zero-order valence-electron chi connectivity index (χ0n) is 12.6. The average molecular weight is 345 g/mol. The minimum Gasteiger partial charge on any atom is -0.496 e. The molecule has 122 valence electrons. The van der Waals surface area contributed by atoms with Crippen LogP contribution < -0.4 is 10.5 Å². The topological polar surface area (TPSA) is 55.6 Å². The SMILES string of the molecule is COc1ccc(Cl)cc1C(=O)N1CC2CCCC(N)C2C1.Cl. The number of fused-ring (bicyclic) bond motifs is 1. The monoisotopic (exact) mass is 344 g/mol. The number of likely N-dealkylation sites (tertiary alicyclic amines) is 1. The van der Waals surface area contributed by atoms with Crippen LogP contribution in [0.4, 0.5) is 0 Å². The highest BCUT2D eigenvalue weighted by atomic mass is 35.5. The molecule has 3 rings (SSSR count). The highest BCUT2D eigenvalue weighted by Crippen LogP contribution is 2.37. The van der Waals surface area contributed by atoms with Gasteiger partial charge in [-0.3, -0.25) is 4.79 Å². The van der Waals surface area contributed by atoms with Gasteiger partial charge < -0.3 is 15.4 Å². The summed E-state index contributed by atoms with van der Waals surface area (Å²) in [5, 5.41) is 0.549. The van der Waals surface area contributed by atoms with Crippen LogP contribution in [0.15, 0.2) is 18.2 Å². The Hall–Kier alpha value is -0.970. The minimum absolute atomic E-state index is 0. The molecular formula is C16H22Cl2N2O2. The van der Waals surface area contributed by atoms with Gasteiger partial charge in [0, 0.05) is 24.2 Å².